The number of sulfonamides is 1. The summed E-state index contributed by atoms with van der Waals surface area (Å²) in [5.74, 6) is 0.883. The Hall–Kier alpha value is -2.87. The van der Waals surface area contributed by atoms with Gasteiger partial charge in [0.15, 0.2) is 0 Å². The fourth-order valence-electron chi connectivity index (χ4n) is 2.47. The molecule has 0 aliphatic rings. The first kappa shape index (κ1) is 20.9. The molecule has 1 N–H and O–H groups in total. The largest absolute Gasteiger partial charge is 0.457 e. The molecule has 0 spiro atoms. The van der Waals surface area contributed by atoms with E-state index in [1.807, 2.05) is 30.3 Å². The molecular weight excluding hydrogens is 412 g/mol. The van der Waals surface area contributed by atoms with Gasteiger partial charge >= 0.3 is 0 Å². The summed E-state index contributed by atoms with van der Waals surface area (Å²) in [4.78, 5) is 12.4. The number of amides is 1. The molecule has 0 fully saturated rings. The van der Waals surface area contributed by atoms with E-state index >= 15 is 0 Å². The molecule has 150 valence electrons. The number of ether oxygens (including phenoxy) is 1. The molecule has 0 bridgehead atoms. The van der Waals surface area contributed by atoms with Crippen LogP contribution in [-0.2, 0) is 10.0 Å². The van der Waals surface area contributed by atoms with Gasteiger partial charge in [0.1, 0.15) is 16.4 Å². The number of carbonyl (C=O) groups excluding carboxylic acids is 1. The summed E-state index contributed by atoms with van der Waals surface area (Å²) >= 11 is 6.02. The minimum absolute atomic E-state index is 0.0534. The summed E-state index contributed by atoms with van der Waals surface area (Å²) in [6.45, 7) is 0. The highest BCUT2D eigenvalue weighted by Crippen LogP contribution is 2.26. The van der Waals surface area contributed by atoms with Crippen LogP contribution in [0.4, 0.5) is 5.69 Å². The third-order valence-corrected chi connectivity index (χ3v) is 6.34. The van der Waals surface area contributed by atoms with Crippen LogP contribution in [0.2, 0.25) is 5.02 Å². The zero-order valence-corrected chi connectivity index (χ0v) is 17.4. The molecule has 0 aliphatic carbocycles. The first-order valence-electron chi connectivity index (χ1n) is 8.64. The number of rotatable bonds is 6. The maximum absolute atomic E-state index is 12.6. The van der Waals surface area contributed by atoms with Gasteiger partial charge in [0.25, 0.3) is 5.91 Å². The van der Waals surface area contributed by atoms with E-state index in [2.05, 4.69) is 5.32 Å². The zero-order chi connectivity index (χ0) is 21.0. The Labute approximate surface area is 174 Å². The molecule has 29 heavy (non-hydrogen) atoms. The first-order chi connectivity index (χ1) is 13.8. The molecule has 0 aliphatic heterocycles. The van der Waals surface area contributed by atoms with Gasteiger partial charge in [0.05, 0.1) is 5.02 Å². The second-order valence-electron chi connectivity index (χ2n) is 6.33. The van der Waals surface area contributed by atoms with E-state index in [1.165, 1.54) is 32.3 Å². The second kappa shape index (κ2) is 8.65. The minimum Gasteiger partial charge on any atom is -0.457 e. The fourth-order valence-corrected chi connectivity index (χ4v) is 3.87. The van der Waals surface area contributed by atoms with E-state index in [9.17, 15) is 13.2 Å². The monoisotopic (exact) mass is 430 g/mol. The molecule has 0 atom stereocenters. The Morgan fingerprint density at radius 1 is 0.931 bits per heavy atom. The number of hydrogen-bond acceptors (Lipinski definition) is 4. The Bertz CT molecular complexity index is 1120. The molecule has 0 saturated heterocycles. The van der Waals surface area contributed by atoms with E-state index in [0.29, 0.717) is 17.2 Å². The minimum atomic E-state index is -3.77. The van der Waals surface area contributed by atoms with Gasteiger partial charge < -0.3 is 10.1 Å². The molecule has 0 heterocycles. The van der Waals surface area contributed by atoms with E-state index in [1.54, 1.807) is 24.3 Å². The Morgan fingerprint density at radius 2 is 1.55 bits per heavy atom. The average Bonchev–Trinajstić information content (AvgIpc) is 2.70. The summed E-state index contributed by atoms with van der Waals surface area (Å²) in [7, 11) is -0.966. The van der Waals surface area contributed by atoms with Gasteiger partial charge in [-0.25, -0.2) is 12.7 Å². The van der Waals surface area contributed by atoms with Crippen molar-refractivity contribution in [2.75, 3.05) is 19.4 Å². The lowest BCUT2D eigenvalue weighted by Gasteiger charge is -2.14. The van der Waals surface area contributed by atoms with Crippen molar-refractivity contribution in [3.63, 3.8) is 0 Å². The highest BCUT2D eigenvalue weighted by molar-refractivity contribution is 7.89. The third-order valence-electron chi connectivity index (χ3n) is 4.04. The lowest BCUT2D eigenvalue weighted by atomic mass is 10.2. The standard InChI is InChI=1S/C21H19ClN2O4S/c1-24(2)29(26,27)20-14-15(8-13-19(20)22)21(25)23-16-9-11-18(12-10-16)28-17-6-4-3-5-7-17/h3-14H,1-2H3,(H,23,25). The van der Waals surface area contributed by atoms with Crippen LogP contribution < -0.4 is 10.1 Å². The molecule has 3 rings (SSSR count). The van der Waals surface area contributed by atoms with Crippen molar-refractivity contribution in [1.29, 1.82) is 0 Å². The summed E-state index contributed by atoms with van der Waals surface area (Å²) in [6, 6.07) is 20.3. The number of halogens is 1. The van der Waals surface area contributed by atoms with Gasteiger partial charge in [-0.2, -0.15) is 0 Å². The van der Waals surface area contributed by atoms with E-state index in [4.69, 9.17) is 16.3 Å². The van der Waals surface area contributed by atoms with Gasteiger partial charge in [0.2, 0.25) is 10.0 Å². The van der Waals surface area contributed by atoms with Crippen LogP contribution in [0.15, 0.2) is 77.7 Å². The molecule has 1 amide bonds. The molecule has 8 heteroatoms. The van der Waals surface area contributed by atoms with Crippen LogP contribution in [0.5, 0.6) is 11.5 Å². The second-order valence-corrected chi connectivity index (χ2v) is 8.85. The smallest absolute Gasteiger partial charge is 0.255 e. The first-order valence-corrected chi connectivity index (χ1v) is 10.5. The molecule has 3 aromatic carbocycles. The number of benzene rings is 3. The molecule has 0 radical (unpaired) electrons. The SMILES string of the molecule is CN(C)S(=O)(=O)c1cc(C(=O)Nc2ccc(Oc3ccccc3)cc2)ccc1Cl. The van der Waals surface area contributed by atoms with Gasteiger partial charge in [-0.05, 0) is 54.6 Å². The molecule has 0 unspecified atom stereocenters. The number of nitrogens with one attached hydrogen (secondary N) is 1. The number of para-hydroxylation sites is 1. The topological polar surface area (TPSA) is 75.7 Å². The van der Waals surface area contributed by atoms with Crippen LogP contribution in [0, 0.1) is 0 Å². The van der Waals surface area contributed by atoms with Crippen LogP contribution in [0.25, 0.3) is 0 Å². The van der Waals surface area contributed by atoms with Crippen molar-refractivity contribution >= 4 is 33.2 Å². The van der Waals surface area contributed by atoms with Gasteiger partial charge in [-0.3, -0.25) is 4.79 Å². The Balaban J connectivity index is 1.75. The highest BCUT2D eigenvalue weighted by atomic mass is 35.5. The van der Waals surface area contributed by atoms with Crippen molar-refractivity contribution in [3.05, 3.63) is 83.4 Å². The van der Waals surface area contributed by atoms with Crippen molar-refractivity contribution in [2.24, 2.45) is 0 Å². The molecule has 3 aromatic rings. The summed E-state index contributed by atoms with van der Waals surface area (Å²) < 4.78 is 31.5. The summed E-state index contributed by atoms with van der Waals surface area (Å²) in [6.07, 6.45) is 0. The predicted octanol–water partition coefficient (Wildman–Crippen LogP) is 4.63. The van der Waals surface area contributed by atoms with E-state index in [-0.39, 0.29) is 15.5 Å². The van der Waals surface area contributed by atoms with Crippen molar-refractivity contribution < 1.29 is 17.9 Å². The van der Waals surface area contributed by atoms with Crippen LogP contribution in [-0.4, -0.2) is 32.7 Å². The molecule has 0 aromatic heterocycles. The maximum atomic E-state index is 12.6. The number of hydrogen-bond donors (Lipinski definition) is 1. The third kappa shape index (κ3) is 4.95. The summed E-state index contributed by atoms with van der Waals surface area (Å²) in [5.41, 5.74) is 0.724. The average molecular weight is 431 g/mol. The fraction of sp³-hybridized carbons (Fsp3) is 0.0952. The lowest BCUT2D eigenvalue weighted by Crippen LogP contribution is -2.23. The predicted molar refractivity (Wildman–Crippen MR) is 113 cm³/mol. The normalized spacial score (nSPS) is 11.3. The van der Waals surface area contributed by atoms with Crippen molar-refractivity contribution in [3.8, 4) is 11.5 Å². The number of carbonyl (C=O) groups is 1. The quantitative estimate of drug-likeness (QED) is 0.618. The highest BCUT2D eigenvalue weighted by Gasteiger charge is 2.22. The number of anilines is 1. The van der Waals surface area contributed by atoms with Gasteiger partial charge in [0, 0.05) is 25.3 Å². The molecule has 0 saturated carbocycles. The van der Waals surface area contributed by atoms with Crippen molar-refractivity contribution in [2.45, 2.75) is 4.90 Å². The summed E-state index contributed by atoms with van der Waals surface area (Å²) in [5, 5.41) is 2.78. The van der Waals surface area contributed by atoms with Crippen LogP contribution in [0.1, 0.15) is 10.4 Å². The van der Waals surface area contributed by atoms with Crippen LogP contribution >= 0.6 is 11.6 Å². The molecule has 6 nitrogen and oxygen atoms in total. The molecular formula is C21H19ClN2O4S. The van der Waals surface area contributed by atoms with Crippen LogP contribution in [0.3, 0.4) is 0 Å². The van der Waals surface area contributed by atoms with Gasteiger partial charge in [-0.15, -0.1) is 0 Å². The Morgan fingerprint density at radius 3 is 2.17 bits per heavy atom. The van der Waals surface area contributed by atoms with E-state index in [0.717, 1.165) is 4.31 Å². The van der Waals surface area contributed by atoms with Crippen molar-refractivity contribution in [1.82, 2.24) is 4.31 Å². The zero-order valence-electron chi connectivity index (χ0n) is 15.8. The number of nitrogens with zero attached hydrogens (tertiary/aromatic N) is 1. The maximum Gasteiger partial charge on any atom is 0.255 e. The lowest BCUT2D eigenvalue weighted by molar-refractivity contribution is 0.102. The van der Waals surface area contributed by atoms with E-state index < -0.39 is 15.9 Å². The van der Waals surface area contributed by atoms with Gasteiger partial charge in [-0.1, -0.05) is 29.8 Å². The Kier molecular flexibility index (Phi) is 6.22.